The summed E-state index contributed by atoms with van der Waals surface area (Å²) in [5.74, 6) is 1.54. The molecule has 0 spiro atoms. The first kappa shape index (κ1) is 20.2. The number of hydrogen-bond acceptors (Lipinski definition) is 7. The zero-order valence-electron chi connectivity index (χ0n) is 15.9. The topological polar surface area (TPSA) is 90.7 Å². The average molecular weight is 423 g/mol. The van der Waals surface area contributed by atoms with Gasteiger partial charge in [-0.15, -0.1) is 11.3 Å². The van der Waals surface area contributed by atoms with E-state index in [4.69, 9.17) is 14.0 Å². The average Bonchev–Trinajstić information content (AvgIpc) is 3.33. The molecule has 28 heavy (non-hydrogen) atoms. The van der Waals surface area contributed by atoms with Gasteiger partial charge in [-0.3, -0.25) is 4.72 Å². The van der Waals surface area contributed by atoms with Crippen LogP contribution in [0.1, 0.15) is 26.5 Å². The van der Waals surface area contributed by atoms with Crippen molar-refractivity contribution in [2.24, 2.45) is 0 Å². The molecule has 0 aliphatic heterocycles. The number of aryl methyl sites for hydroxylation is 1. The SMILES string of the molecule is CCOc1ccc(OCC)c(NS(=O)(=O)c2cc(-c3cc(CC)no3)cs2)c1. The molecule has 0 radical (unpaired) electrons. The number of benzene rings is 1. The molecule has 0 aliphatic rings. The lowest BCUT2D eigenvalue weighted by molar-refractivity contribution is 0.332. The van der Waals surface area contributed by atoms with Crippen LogP contribution in [0.5, 0.6) is 11.5 Å². The van der Waals surface area contributed by atoms with Gasteiger partial charge in [0.1, 0.15) is 15.7 Å². The Labute approximate surface area is 168 Å². The molecule has 0 aliphatic carbocycles. The summed E-state index contributed by atoms with van der Waals surface area (Å²) >= 11 is 1.11. The Bertz CT molecular complexity index is 1040. The zero-order chi connectivity index (χ0) is 20.1. The van der Waals surface area contributed by atoms with Gasteiger partial charge in [0.25, 0.3) is 10.0 Å². The molecule has 0 bridgehead atoms. The van der Waals surface area contributed by atoms with Crippen LogP contribution < -0.4 is 14.2 Å². The van der Waals surface area contributed by atoms with E-state index >= 15 is 0 Å². The van der Waals surface area contributed by atoms with E-state index in [0.717, 1.165) is 23.5 Å². The van der Waals surface area contributed by atoms with Crippen molar-refractivity contribution >= 4 is 27.0 Å². The molecule has 2 heterocycles. The maximum absolute atomic E-state index is 12.9. The van der Waals surface area contributed by atoms with Crippen LogP contribution >= 0.6 is 11.3 Å². The van der Waals surface area contributed by atoms with Crippen molar-refractivity contribution in [1.29, 1.82) is 0 Å². The summed E-state index contributed by atoms with van der Waals surface area (Å²) < 4.78 is 44.8. The predicted octanol–water partition coefficient (Wildman–Crippen LogP) is 4.56. The molecule has 2 aromatic heterocycles. The molecule has 1 aromatic carbocycles. The first-order valence-electron chi connectivity index (χ1n) is 8.93. The Morgan fingerprint density at radius 3 is 2.57 bits per heavy atom. The summed E-state index contributed by atoms with van der Waals surface area (Å²) in [6.45, 7) is 6.56. The molecule has 0 saturated carbocycles. The molecular weight excluding hydrogens is 400 g/mol. The van der Waals surface area contributed by atoms with Crippen molar-refractivity contribution in [3.05, 3.63) is 41.4 Å². The molecule has 150 valence electrons. The molecule has 7 nitrogen and oxygen atoms in total. The fourth-order valence-electron chi connectivity index (χ4n) is 2.52. The Morgan fingerprint density at radius 2 is 1.89 bits per heavy atom. The van der Waals surface area contributed by atoms with Crippen LogP contribution in [0.15, 0.2) is 44.4 Å². The minimum absolute atomic E-state index is 0.168. The van der Waals surface area contributed by atoms with Crippen LogP contribution in [0.25, 0.3) is 11.3 Å². The Morgan fingerprint density at radius 1 is 1.11 bits per heavy atom. The van der Waals surface area contributed by atoms with E-state index in [1.54, 1.807) is 29.6 Å². The van der Waals surface area contributed by atoms with Gasteiger partial charge >= 0.3 is 0 Å². The number of sulfonamides is 1. The second-order valence-corrected chi connectivity index (χ2v) is 8.64. The van der Waals surface area contributed by atoms with Crippen LogP contribution in [0.2, 0.25) is 0 Å². The van der Waals surface area contributed by atoms with E-state index in [0.29, 0.717) is 41.7 Å². The first-order chi connectivity index (χ1) is 13.5. The van der Waals surface area contributed by atoms with E-state index in [2.05, 4.69) is 9.88 Å². The third-order valence-electron chi connectivity index (χ3n) is 3.85. The van der Waals surface area contributed by atoms with E-state index in [1.165, 1.54) is 0 Å². The fraction of sp³-hybridized carbons (Fsp3) is 0.316. The maximum Gasteiger partial charge on any atom is 0.271 e. The van der Waals surface area contributed by atoms with E-state index in [9.17, 15) is 8.42 Å². The lowest BCUT2D eigenvalue weighted by atomic mass is 10.2. The van der Waals surface area contributed by atoms with Gasteiger partial charge in [-0.2, -0.15) is 0 Å². The van der Waals surface area contributed by atoms with Gasteiger partial charge in [0.2, 0.25) is 0 Å². The highest BCUT2D eigenvalue weighted by molar-refractivity contribution is 7.94. The molecule has 0 unspecified atom stereocenters. The smallest absolute Gasteiger partial charge is 0.271 e. The highest BCUT2D eigenvalue weighted by Crippen LogP contribution is 2.34. The minimum Gasteiger partial charge on any atom is -0.494 e. The van der Waals surface area contributed by atoms with E-state index in [-0.39, 0.29) is 4.21 Å². The summed E-state index contributed by atoms with van der Waals surface area (Å²) in [6.07, 6.45) is 0.747. The number of ether oxygens (including phenoxy) is 2. The molecule has 0 saturated heterocycles. The van der Waals surface area contributed by atoms with Crippen LogP contribution in [0.3, 0.4) is 0 Å². The summed E-state index contributed by atoms with van der Waals surface area (Å²) in [4.78, 5) is 0. The number of thiophene rings is 1. The van der Waals surface area contributed by atoms with Crippen LogP contribution in [0.4, 0.5) is 5.69 Å². The summed E-state index contributed by atoms with van der Waals surface area (Å²) in [5, 5.41) is 5.67. The molecule has 3 rings (SSSR count). The first-order valence-corrected chi connectivity index (χ1v) is 11.3. The van der Waals surface area contributed by atoms with Crippen molar-refractivity contribution in [1.82, 2.24) is 5.16 Å². The van der Waals surface area contributed by atoms with Crippen molar-refractivity contribution in [3.63, 3.8) is 0 Å². The summed E-state index contributed by atoms with van der Waals surface area (Å²) in [7, 11) is -3.80. The Hall–Kier alpha value is -2.52. The van der Waals surface area contributed by atoms with Gasteiger partial charge < -0.3 is 14.0 Å². The molecule has 0 atom stereocenters. The second-order valence-electron chi connectivity index (χ2n) is 5.82. The maximum atomic E-state index is 12.9. The quantitative estimate of drug-likeness (QED) is 0.543. The van der Waals surface area contributed by atoms with Gasteiger partial charge in [0.15, 0.2) is 5.76 Å². The summed E-state index contributed by atoms with van der Waals surface area (Å²) in [5.41, 5.74) is 1.82. The van der Waals surface area contributed by atoms with Gasteiger partial charge in [-0.1, -0.05) is 12.1 Å². The number of aromatic nitrogens is 1. The number of nitrogens with zero attached hydrogens (tertiary/aromatic N) is 1. The van der Waals surface area contributed by atoms with Crippen molar-refractivity contribution in [3.8, 4) is 22.8 Å². The van der Waals surface area contributed by atoms with Gasteiger partial charge in [-0.25, -0.2) is 8.42 Å². The van der Waals surface area contributed by atoms with Crippen LogP contribution in [-0.4, -0.2) is 26.8 Å². The molecule has 3 aromatic rings. The number of hydrogen-bond donors (Lipinski definition) is 1. The summed E-state index contributed by atoms with van der Waals surface area (Å²) in [6, 6.07) is 8.42. The normalized spacial score (nSPS) is 11.4. The standard InChI is InChI=1S/C19H22N2O5S2/c1-4-14-10-18(26-20-14)13-9-19(27-12-13)28(22,23)21-16-11-15(24-5-2)7-8-17(16)25-6-3/h7-12,21H,4-6H2,1-3H3. The Kier molecular flexibility index (Phi) is 6.25. The van der Waals surface area contributed by atoms with Gasteiger partial charge in [0, 0.05) is 23.1 Å². The van der Waals surface area contributed by atoms with Gasteiger partial charge in [-0.05, 0) is 38.5 Å². The third kappa shape index (κ3) is 4.48. The van der Waals surface area contributed by atoms with Crippen LogP contribution in [-0.2, 0) is 16.4 Å². The molecule has 0 amide bonds. The molecular formula is C19H22N2O5S2. The van der Waals surface area contributed by atoms with Gasteiger partial charge in [0.05, 0.1) is 24.6 Å². The molecule has 9 heteroatoms. The van der Waals surface area contributed by atoms with Crippen LogP contribution in [0, 0.1) is 0 Å². The van der Waals surface area contributed by atoms with E-state index < -0.39 is 10.0 Å². The number of rotatable bonds is 9. The predicted molar refractivity (Wildman–Crippen MR) is 109 cm³/mol. The lowest BCUT2D eigenvalue weighted by Crippen LogP contribution is -2.13. The third-order valence-corrected chi connectivity index (χ3v) is 6.66. The monoisotopic (exact) mass is 422 g/mol. The zero-order valence-corrected chi connectivity index (χ0v) is 17.5. The second kappa shape index (κ2) is 8.66. The van der Waals surface area contributed by atoms with Crippen molar-refractivity contribution < 1.29 is 22.4 Å². The molecule has 1 N–H and O–H groups in total. The number of nitrogens with one attached hydrogen (secondary N) is 1. The largest absolute Gasteiger partial charge is 0.494 e. The lowest BCUT2D eigenvalue weighted by Gasteiger charge is -2.14. The fourth-order valence-corrected chi connectivity index (χ4v) is 4.75. The highest BCUT2D eigenvalue weighted by atomic mass is 32.2. The highest BCUT2D eigenvalue weighted by Gasteiger charge is 2.21. The molecule has 0 fully saturated rings. The van der Waals surface area contributed by atoms with Crippen molar-refractivity contribution in [2.75, 3.05) is 17.9 Å². The van der Waals surface area contributed by atoms with Crippen molar-refractivity contribution in [2.45, 2.75) is 31.4 Å². The Balaban J connectivity index is 1.88. The van der Waals surface area contributed by atoms with E-state index in [1.807, 2.05) is 26.8 Å². The minimum atomic E-state index is -3.80. The number of anilines is 1.